The van der Waals surface area contributed by atoms with Crippen LogP contribution >= 0.6 is 0 Å². The Hall–Kier alpha value is -4.50. The fourth-order valence-corrected chi connectivity index (χ4v) is 6.99. The van der Waals surface area contributed by atoms with Crippen LogP contribution in [0, 0.1) is 38.9 Å². The second-order valence-corrected chi connectivity index (χ2v) is 15.7. The summed E-state index contributed by atoms with van der Waals surface area (Å²) in [5, 5.41) is 0. The number of aryl methyl sites for hydroxylation is 4. The molecule has 1 aliphatic heterocycles. The van der Waals surface area contributed by atoms with E-state index >= 15 is 0 Å². The van der Waals surface area contributed by atoms with Gasteiger partial charge in [0, 0.05) is 48.7 Å². The number of furan rings is 1. The van der Waals surface area contributed by atoms with Gasteiger partial charge in [0.05, 0.1) is 23.5 Å². The van der Waals surface area contributed by atoms with Crippen molar-refractivity contribution in [1.29, 1.82) is 0 Å². The molecule has 0 saturated carbocycles. The zero-order chi connectivity index (χ0) is 38.0. The Bertz CT molecular complexity index is 1880. The van der Waals surface area contributed by atoms with Gasteiger partial charge in [-0.05, 0) is 109 Å². The summed E-state index contributed by atoms with van der Waals surface area (Å²) in [7, 11) is 0. The monoisotopic (exact) mass is 711 g/mol. The molecule has 52 heavy (non-hydrogen) atoms. The van der Waals surface area contributed by atoms with Crippen molar-refractivity contribution >= 4 is 17.6 Å². The number of benzene rings is 2. The second-order valence-electron chi connectivity index (χ2n) is 15.7. The largest absolute Gasteiger partial charge is 0.466 e. The lowest BCUT2D eigenvalue weighted by Gasteiger charge is -2.41. The predicted molar refractivity (Wildman–Crippen MR) is 203 cm³/mol. The van der Waals surface area contributed by atoms with Crippen LogP contribution in [0.5, 0.6) is 0 Å². The average Bonchev–Trinajstić information content (AvgIpc) is 3.41. The van der Waals surface area contributed by atoms with E-state index in [2.05, 4.69) is 30.9 Å². The van der Waals surface area contributed by atoms with Gasteiger partial charge in [0.15, 0.2) is 6.10 Å². The molecule has 0 spiro atoms. The summed E-state index contributed by atoms with van der Waals surface area (Å²) in [6.07, 6.45) is 1.04. The van der Waals surface area contributed by atoms with E-state index in [9.17, 15) is 14.0 Å². The van der Waals surface area contributed by atoms with E-state index < -0.39 is 17.7 Å². The number of esters is 1. The summed E-state index contributed by atoms with van der Waals surface area (Å²) in [6.45, 7) is 22.3. The first-order valence-corrected chi connectivity index (χ1v) is 18.3. The number of hydrogen-bond acceptors (Lipinski definition) is 7. The number of ether oxygens (including phenoxy) is 2. The lowest BCUT2D eigenvalue weighted by atomic mass is 9.81. The molecule has 5 rings (SSSR count). The average molecular weight is 712 g/mol. The minimum Gasteiger partial charge on any atom is -0.466 e. The number of amides is 1. The molecule has 1 atom stereocenters. The normalized spacial score (nSPS) is 15.0. The molecule has 0 bridgehead atoms. The molecule has 1 fully saturated rings. The molecule has 0 radical (unpaired) electrons. The van der Waals surface area contributed by atoms with E-state index in [0.717, 1.165) is 70.8 Å². The second kappa shape index (κ2) is 15.6. The third-order valence-corrected chi connectivity index (χ3v) is 9.71. The molecule has 1 aliphatic rings. The van der Waals surface area contributed by atoms with Crippen LogP contribution < -0.4 is 4.90 Å². The number of aromatic nitrogens is 1. The molecule has 0 unspecified atom stereocenters. The number of halogens is 1. The molecule has 1 saturated heterocycles. The van der Waals surface area contributed by atoms with Gasteiger partial charge in [-0.3, -0.25) is 9.78 Å². The van der Waals surface area contributed by atoms with E-state index in [1.54, 1.807) is 36.9 Å². The minimum absolute atomic E-state index is 0.162. The summed E-state index contributed by atoms with van der Waals surface area (Å²) in [5.41, 5.74) is 7.02. The first-order valence-electron chi connectivity index (χ1n) is 18.3. The Kier molecular flexibility index (Phi) is 11.6. The first kappa shape index (κ1) is 38.7. The number of nitrogens with zero attached hydrogens (tertiary/aromatic N) is 3. The Morgan fingerprint density at radius 2 is 1.52 bits per heavy atom. The summed E-state index contributed by atoms with van der Waals surface area (Å²) >= 11 is 0. The van der Waals surface area contributed by atoms with Gasteiger partial charge in [-0.25, -0.2) is 9.18 Å². The molecule has 1 amide bonds. The molecule has 2 aromatic heterocycles. The van der Waals surface area contributed by atoms with Crippen molar-refractivity contribution in [2.45, 2.75) is 107 Å². The van der Waals surface area contributed by atoms with Crippen molar-refractivity contribution in [2.75, 3.05) is 24.6 Å². The van der Waals surface area contributed by atoms with Crippen molar-refractivity contribution in [2.24, 2.45) is 5.41 Å². The van der Waals surface area contributed by atoms with Gasteiger partial charge in [0.2, 0.25) is 0 Å². The van der Waals surface area contributed by atoms with Gasteiger partial charge in [0.1, 0.15) is 17.3 Å². The van der Waals surface area contributed by atoms with Gasteiger partial charge in [0.25, 0.3) is 5.91 Å². The minimum atomic E-state index is -0.961. The van der Waals surface area contributed by atoms with Gasteiger partial charge in [-0.15, -0.1) is 0 Å². The van der Waals surface area contributed by atoms with E-state index in [-0.39, 0.29) is 23.7 Å². The summed E-state index contributed by atoms with van der Waals surface area (Å²) in [4.78, 5) is 36.7. The van der Waals surface area contributed by atoms with E-state index in [0.29, 0.717) is 30.2 Å². The first-order chi connectivity index (χ1) is 24.5. The molecule has 2 aromatic carbocycles. The van der Waals surface area contributed by atoms with Crippen LogP contribution in [-0.4, -0.2) is 47.1 Å². The highest BCUT2D eigenvalue weighted by atomic mass is 19.1. The Morgan fingerprint density at radius 3 is 2.04 bits per heavy atom. The Balaban J connectivity index is 1.58. The van der Waals surface area contributed by atoms with Gasteiger partial charge in [-0.1, -0.05) is 50.2 Å². The number of rotatable bonds is 11. The van der Waals surface area contributed by atoms with Gasteiger partial charge >= 0.3 is 5.97 Å². The molecule has 3 heterocycles. The van der Waals surface area contributed by atoms with Crippen LogP contribution in [0.15, 0.2) is 59.0 Å². The SMILES string of the molecule is CCOC(=O)[C@@H](OC(C)(C)C)c1c(C)nc(C)c(-c2ccc(CN(Cc3ccc(F)cc3)C(=O)c3cc(C)oc3C)cc2)c1N1CCC(C)(C)CC1. The molecule has 0 aliphatic carbocycles. The van der Waals surface area contributed by atoms with Crippen LogP contribution in [0.3, 0.4) is 0 Å². The smallest absolute Gasteiger partial charge is 0.340 e. The highest BCUT2D eigenvalue weighted by Crippen LogP contribution is 2.45. The molecule has 0 N–H and O–H groups in total. The highest BCUT2D eigenvalue weighted by Gasteiger charge is 2.37. The van der Waals surface area contributed by atoms with Crippen LogP contribution in [0.4, 0.5) is 10.1 Å². The lowest BCUT2D eigenvalue weighted by Crippen LogP contribution is -2.39. The van der Waals surface area contributed by atoms with Crippen molar-refractivity contribution in [3.63, 3.8) is 0 Å². The fraction of sp³-hybridized carbons (Fsp3) is 0.465. The topological polar surface area (TPSA) is 85.1 Å². The zero-order valence-corrected chi connectivity index (χ0v) is 32.5. The summed E-state index contributed by atoms with van der Waals surface area (Å²) in [6, 6.07) is 16.2. The maximum absolute atomic E-state index is 13.9. The van der Waals surface area contributed by atoms with Crippen molar-refractivity contribution < 1.29 is 27.9 Å². The molecule has 8 nitrogen and oxygen atoms in total. The predicted octanol–water partition coefficient (Wildman–Crippen LogP) is 9.60. The van der Waals surface area contributed by atoms with Crippen molar-refractivity contribution in [3.05, 3.63) is 106 Å². The standard InChI is InChI=1S/C43H54FN3O5/c1-11-50-41(49)39(52-42(6,7)8)37-29(4)45-28(3)36(38(37)46-22-20-43(9,10)21-23-46)33-16-12-31(13-17-33)25-47(26-32-14-18-34(44)19-15-32)40(48)35-24-27(2)51-30(35)5/h12-19,24,39H,11,20-23,25-26H2,1-10H3/t39-/m0/s1. The van der Waals surface area contributed by atoms with E-state index in [1.165, 1.54) is 12.1 Å². The number of anilines is 1. The van der Waals surface area contributed by atoms with Crippen LogP contribution in [-0.2, 0) is 27.4 Å². The quantitative estimate of drug-likeness (QED) is 0.143. The van der Waals surface area contributed by atoms with Crippen LogP contribution in [0.1, 0.15) is 110 Å². The number of pyridine rings is 1. The fourth-order valence-electron chi connectivity index (χ4n) is 6.99. The van der Waals surface area contributed by atoms with Gasteiger partial charge in [-0.2, -0.15) is 0 Å². The molecule has 4 aromatic rings. The highest BCUT2D eigenvalue weighted by molar-refractivity contribution is 5.95. The number of carbonyl (C=O) groups excluding carboxylic acids is 2. The summed E-state index contributed by atoms with van der Waals surface area (Å²) in [5.74, 6) is 0.309. The Labute approximate surface area is 308 Å². The molecule has 278 valence electrons. The van der Waals surface area contributed by atoms with Crippen molar-refractivity contribution in [3.8, 4) is 11.1 Å². The van der Waals surface area contributed by atoms with Crippen molar-refractivity contribution in [1.82, 2.24) is 9.88 Å². The summed E-state index contributed by atoms with van der Waals surface area (Å²) < 4.78 is 31.5. The third-order valence-electron chi connectivity index (χ3n) is 9.71. The maximum Gasteiger partial charge on any atom is 0.340 e. The van der Waals surface area contributed by atoms with E-state index in [1.807, 2.05) is 53.7 Å². The third kappa shape index (κ3) is 9.10. The number of carbonyl (C=O) groups is 2. The number of hydrogen-bond donors (Lipinski definition) is 0. The number of piperidine rings is 1. The zero-order valence-electron chi connectivity index (χ0n) is 32.5. The molecular weight excluding hydrogens is 657 g/mol. The lowest BCUT2D eigenvalue weighted by molar-refractivity contribution is -0.166. The van der Waals surface area contributed by atoms with Crippen LogP contribution in [0.25, 0.3) is 11.1 Å². The molecule has 9 heteroatoms. The van der Waals surface area contributed by atoms with E-state index in [4.69, 9.17) is 18.9 Å². The maximum atomic E-state index is 13.9. The Morgan fingerprint density at radius 1 is 0.942 bits per heavy atom. The molecular formula is C43H54FN3O5. The van der Waals surface area contributed by atoms with Crippen LogP contribution in [0.2, 0.25) is 0 Å². The van der Waals surface area contributed by atoms with Gasteiger partial charge < -0.3 is 23.7 Å².